The molecule has 1 atom stereocenters. The van der Waals surface area contributed by atoms with Crippen molar-refractivity contribution in [1.82, 2.24) is 9.13 Å². The van der Waals surface area contributed by atoms with Gasteiger partial charge in [0.2, 0.25) is 12.7 Å². The lowest BCUT2D eigenvalue weighted by atomic mass is 10.3. The number of rotatable bonds is 10. The van der Waals surface area contributed by atoms with Gasteiger partial charge in [0, 0.05) is 0 Å². The zero-order valence-corrected chi connectivity index (χ0v) is 24.8. The Morgan fingerprint density at radius 1 is 0.698 bits per heavy atom. The molecule has 0 aliphatic carbocycles. The second kappa shape index (κ2) is 17.7. The van der Waals surface area contributed by atoms with Crippen molar-refractivity contribution in [1.29, 1.82) is 0 Å². The van der Waals surface area contributed by atoms with E-state index in [2.05, 4.69) is 69.6 Å². The number of aryl methyl sites for hydroxylation is 4. The van der Waals surface area contributed by atoms with Crippen LogP contribution in [0.1, 0.15) is 39.5 Å². The van der Waals surface area contributed by atoms with E-state index in [0.29, 0.717) is 0 Å². The summed E-state index contributed by atoms with van der Waals surface area (Å²) in [5.41, 5.74) is 0. The van der Waals surface area contributed by atoms with Crippen LogP contribution in [0.2, 0.25) is 0 Å². The van der Waals surface area contributed by atoms with E-state index in [-0.39, 0.29) is 0 Å². The van der Waals surface area contributed by atoms with Gasteiger partial charge in [0.15, 0.2) is 20.2 Å². The van der Waals surface area contributed by atoms with Crippen molar-refractivity contribution in [2.75, 3.05) is 0 Å². The molecule has 0 aromatic carbocycles. The number of alkyl halides is 10. The molecule has 0 bridgehead atoms. The Labute approximate surface area is 242 Å². The van der Waals surface area contributed by atoms with Crippen molar-refractivity contribution < 1.29 is 79.0 Å². The standard InChI is InChI=1S/2C8H15N2.C3H2F6O3S.C2H2F4O3S/c2*1-3-4-5-10-7-6-9(2)8-10;4-1(2(5,6)7)3(8,9)13(10,11)12;3-1(4)2(5,6)10(7,8)9/h2*6-8H,3-5H2,1-2H3;1H,(H,10,11,12);1H,(H,7,8,9)/q2*+1;;/p-2. The molecule has 10 nitrogen and oxygen atoms in total. The summed E-state index contributed by atoms with van der Waals surface area (Å²) in [4.78, 5) is 0. The summed E-state index contributed by atoms with van der Waals surface area (Å²) >= 11 is 0. The van der Waals surface area contributed by atoms with Gasteiger partial charge >= 0.3 is 23.1 Å². The van der Waals surface area contributed by atoms with Gasteiger partial charge in [-0.05, 0) is 12.8 Å². The molecule has 0 aliphatic heterocycles. The largest absolute Gasteiger partial charge is 0.743 e. The topological polar surface area (TPSA) is 132 Å². The molecule has 1 unspecified atom stereocenters. The van der Waals surface area contributed by atoms with Crippen LogP contribution in [-0.2, 0) is 47.4 Å². The van der Waals surface area contributed by atoms with Crippen molar-refractivity contribution >= 4 is 20.2 Å². The smallest absolute Gasteiger partial charge is 0.426 e. The third-order valence-electron chi connectivity index (χ3n) is 4.69. The third kappa shape index (κ3) is 15.7. The lowest BCUT2D eigenvalue weighted by Gasteiger charge is -2.24. The highest BCUT2D eigenvalue weighted by Gasteiger charge is 2.61. The highest BCUT2D eigenvalue weighted by atomic mass is 32.2. The quantitative estimate of drug-likeness (QED) is 0.213. The first-order valence-corrected chi connectivity index (χ1v) is 14.7. The molecule has 0 spiro atoms. The predicted molar refractivity (Wildman–Crippen MR) is 127 cm³/mol. The SMILES string of the molecule is CCCCn1cc[n+](C)c1.CCCCn1cc[n+](C)c1.O=S(=O)([O-])C(F)(F)C(F)C(F)(F)F.O=S(=O)([O-])C(F)(F)C(F)F. The molecule has 0 saturated heterocycles. The maximum Gasteiger partial charge on any atom is 0.426 e. The fourth-order valence-electron chi connectivity index (χ4n) is 2.38. The summed E-state index contributed by atoms with van der Waals surface area (Å²) < 4.78 is 179. The molecule has 2 heterocycles. The fourth-order valence-corrected chi connectivity index (χ4v) is 2.98. The van der Waals surface area contributed by atoms with Crippen molar-refractivity contribution in [3.05, 3.63) is 37.4 Å². The normalized spacial score (nSPS) is 13.2. The number of hydrogen-bond acceptors (Lipinski definition) is 6. The van der Waals surface area contributed by atoms with E-state index in [1.165, 1.54) is 25.7 Å². The van der Waals surface area contributed by atoms with Crippen molar-refractivity contribution in [2.24, 2.45) is 14.1 Å². The summed E-state index contributed by atoms with van der Waals surface area (Å²) in [6.07, 6.45) is 2.05. The number of aromatic nitrogens is 4. The Morgan fingerprint density at radius 2 is 1.02 bits per heavy atom. The van der Waals surface area contributed by atoms with E-state index in [1.807, 2.05) is 14.1 Å². The van der Waals surface area contributed by atoms with Crippen LogP contribution in [0.3, 0.4) is 0 Å². The minimum atomic E-state index is -6.66. The Bertz CT molecular complexity index is 1240. The zero-order chi connectivity index (χ0) is 34.4. The molecule has 0 aliphatic rings. The molecule has 43 heavy (non-hydrogen) atoms. The summed E-state index contributed by atoms with van der Waals surface area (Å²) in [6.45, 7) is 6.72. The first kappa shape index (κ1) is 42.7. The van der Waals surface area contributed by atoms with E-state index in [4.69, 9.17) is 0 Å². The van der Waals surface area contributed by atoms with Crippen LogP contribution < -0.4 is 9.13 Å². The highest BCUT2D eigenvalue weighted by Crippen LogP contribution is 2.37. The van der Waals surface area contributed by atoms with Gasteiger partial charge in [-0.3, -0.25) is 0 Å². The van der Waals surface area contributed by atoms with Crippen molar-refractivity contribution in [2.45, 2.75) is 81.9 Å². The van der Waals surface area contributed by atoms with E-state index in [9.17, 15) is 69.8 Å². The average Bonchev–Trinajstić information content (AvgIpc) is 3.47. The van der Waals surface area contributed by atoms with Crippen LogP contribution in [0, 0.1) is 0 Å². The summed E-state index contributed by atoms with van der Waals surface area (Å²) in [7, 11) is -8.81. The van der Waals surface area contributed by atoms with Gasteiger partial charge in [0.1, 0.15) is 24.8 Å². The summed E-state index contributed by atoms with van der Waals surface area (Å²) in [5, 5.41) is -11.5. The maximum absolute atomic E-state index is 11.8. The molecule has 2 aromatic rings. The number of hydrogen-bond donors (Lipinski definition) is 0. The Hall–Kier alpha value is -2.46. The van der Waals surface area contributed by atoms with E-state index < -0.39 is 49.5 Å². The Kier molecular flexibility index (Phi) is 17.6. The summed E-state index contributed by atoms with van der Waals surface area (Å²) in [6, 6.07) is 0. The fraction of sp³-hybridized carbons (Fsp3) is 0.714. The molecule has 0 fully saturated rings. The highest BCUT2D eigenvalue weighted by molar-refractivity contribution is 7.87. The second-order valence-corrected chi connectivity index (χ2v) is 11.5. The molecule has 2 aromatic heterocycles. The van der Waals surface area contributed by atoms with Crippen molar-refractivity contribution in [3.8, 4) is 0 Å². The molecule has 0 saturated carbocycles. The molecule has 254 valence electrons. The number of unbranched alkanes of at least 4 members (excludes halogenated alkanes) is 2. The number of nitrogens with zero attached hydrogens (tertiary/aromatic N) is 4. The molecule has 0 N–H and O–H groups in total. The first-order valence-electron chi connectivity index (χ1n) is 11.9. The third-order valence-corrected chi connectivity index (χ3v) is 6.41. The van der Waals surface area contributed by atoms with Gasteiger partial charge in [0.05, 0.1) is 27.2 Å². The lowest BCUT2D eigenvalue weighted by molar-refractivity contribution is -0.671. The van der Waals surface area contributed by atoms with Crippen LogP contribution in [0.25, 0.3) is 0 Å². The van der Waals surface area contributed by atoms with Gasteiger partial charge in [-0.2, -0.15) is 30.7 Å². The van der Waals surface area contributed by atoms with Crippen LogP contribution in [-0.4, -0.2) is 64.4 Å². The zero-order valence-electron chi connectivity index (χ0n) is 23.2. The van der Waals surface area contributed by atoms with Crippen LogP contribution >= 0.6 is 0 Å². The van der Waals surface area contributed by atoms with Gasteiger partial charge < -0.3 is 9.11 Å². The molecular weight excluding hydrogens is 658 g/mol. The van der Waals surface area contributed by atoms with E-state index in [1.54, 1.807) is 0 Å². The number of imidazole rings is 2. The first-order chi connectivity index (χ1) is 19.2. The Balaban J connectivity index is 0. The lowest BCUT2D eigenvalue weighted by Crippen LogP contribution is -2.46. The maximum atomic E-state index is 11.8. The van der Waals surface area contributed by atoms with Gasteiger partial charge in [0.25, 0.3) is 6.17 Å². The monoisotopic (exact) mass is 690 g/mol. The van der Waals surface area contributed by atoms with E-state index in [0.717, 1.165) is 13.1 Å². The van der Waals surface area contributed by atoms with E-state index >= 15 is 0 Å². The van der Waals surface area contributed by atoms with Crippen LogP contribution in [0.4, 0.5) is 43.9 Å². The predicted octanol–water partition coefficient (Wildman–Crippen LogP) is 3.64. The minimum absolute atomic E-state index is 1.15. The molecular formula is C21H32F10N4O6S2. The average molecular weight is 691 g/mol. The van der Waals surface area contributed by atoms with Crippen molar-refractivity contribution in [3.63, 3.8) is 0 Å². The second-order valence-electron chi connectivity index (χ2n) is 8.58. The molecule has 22 heteroatoms. The molecule has 2 rings (SSSR count). The molecule has 0 radical (unpaired) electrons. The van der Waals surface area contributed by atoms with Gasteiger partial charge in [-0.15, -0.1) is 0 Å². The summed E-state index contributed by atoms with van der Waals surface area (Å²) in [5.74, 6) is 0. The van der Waals surface area contributed by atoms with Gasteiger partial charge in [-0.25, -0.2) is 48.3 Å². The van der Waals surface area contributed by atoms with Crippen LogP contribution in [0.5, 0.6) is 0 Å². The van der Waals surface area contributed by atoms with Gasteiger partial charge in [-0.1, -0.05) is 26.7 Å². The minimum Gasteiger partial charge on any atom is -0.743 e. The molecule has 0 amide bonds. The number of halogens is 10. The van der Waals surface area contributed by atoms with Crippen LogP contribution in [0.15, 0.2) is 37.4 Å². The Morgan fingerprint density at radius 3 is 1.16 bits per heavy atom.